The summed E-state index contributed by atoms with van der Waals surface area (Å²) in [4.78, 5) is 10.7. The highest BCUT2D eigenvalue weighted by Crippen LogP contribution is 2.42. The Hall–Kier alpha value is -6.52. The summed E-state index contributed by atoms with van der Waals surface area (Å²) in [6.45, 7) is 4.00. The molecule has 3 heterocycles. The maximum absolute atomic E-state index is 6.36. The molecule has 3 aromatic heterocycles. The SMILES string of the molecule is CC.c1ccc(-c2cc(-c3ccccc3)nc(-n3c4c(-c5ccc6c(c5)oc5ccccc56)cccc4c4ccc5ccccc5c43)n2)cc1. The smallest absolute Gasteiger partial charge is 0.235 e. The summed E-state index contributed by atoms with van der Waals surface area (Å²) in [6.07, 6.45) is 0. The molecule has 10 rings (SSSR count). The Bertz CT molecular complexity index is 2770. The monoisotopic (exact) mass is 643 g/mol. The zero-order valence-electron chi connectivity index (χ0n) is 27.8. The number of nitrogens with zero attached hydrogens (tertiary/aromatic N) is 3. The molecule has 0 atom stereocenters. The number of furan rings is 1. The van der Waals surface area contributed by atoms with Crippen molar-refractivity contribution < 1.29 is 4.42 Å². The third kappa shape index (κ3) is 4.76. The van der Waals surface area contributed by atoms with Crippen molar-refractivity contribution in [1.29, 1.82) is 0 Å². The van der Waals surface area contributed by atoms with Crippen LogP contribution >= 0.6 is 0 Å². The molecule has 0 aliphatic heterocycles. The van der Waals surface area contributed by atoms with Gasteiger partial charge in [-0.1, -0.05) is 153 Å². The molecule has 0 saturated heterocycles. The first kappa shape index (κ1) is 29.6. The molecule has 0 spiro atoms. The molecule has 4 heteroatoms. The van der Waals surface area contributed by atoms with E-state index < -0.39 is 0 Å². The van der Waals surface area contributed by atoms with Crippen LogP contribution < -0.4 is 0 Å². The van der Waals surface area contributed by atoms with E-state index in [1.807, 2.05) is 38.1 Å². The number of rotatable bonds is 4. The summed E-state index contributed by atoms with van der Waals surface area (Å²) in [5.41, 5.74) is 9.89. The van der Waals surface area contributed by atoms with Gasteiger partial charge in [-0.3, -0.25) is 4.57 Å². The number of fused-ring (bicyclic) bond motifs is 8. The molecule has 0 aliphatic rings. The molecule has 0 fully saturated rings. The third-order valence-electron chi connectivity index (χ3n) is 9.42. The highest BCUT2D eigenvalue weighted by atomic mass is 16.3. The molecule has 7 aromatic carbocycles. The minimum atomic E-state index is 0.629. The number of hydrogen-bond donors (Lipinski definition) is 0. The number of hydrogen-bond acceptors (Lipinski definition) is 3. The zero-order chi connectivity index (χ0) is 33.6. The average molecular weight is 644 g/mol. The van der Waals surface area contributed by atoms with Crippen molar-refractivity contribution in [1.82, 2.24) is 14.5 Å². The molecular formula is C46H33N3O. The highest BCUT2D eigenvalue weighted by Gasteiger charge is 2.22. The van der Waals surface area contributed by atoms with Crippen LogP contribution in [0.4, 0.5) is 0 Å². The molecule has 0 unspecified atom stereocenters. The van der Waals surface area contributed by atoms with Gasteiger partial charge in [-0.2, -0.15) is 0 Å². The van der Waals surface area contributed by atoms with Crippen LogP contribution in [-0.2, 0) is 0 Å². The molecule has 0 aliphatic carbocycles. The minimum absolute atomic E-state index is 0.629. The molecule has 0 N–H and O–H groups in total. The number of aromatic nitrogens is 3. The van der Waals surface area contributed by atoms with Gasteiger partial charge in [-0.25, -0.2) is 9.97 Å². The molecule has 0 radical (unpaired) electrons. The molecule has 0 amide bonds. The van der Waals surface area contributed by atoms with Crippen LogP contribution in [0.3, 0.4) is 0 Å². The second-order valence-corrected chi connectivity index (χ2v) is 12.2. The van der Waals surface area contributed by atoms with E-state index in [0.29, 0.717) is 5.95 Å². The predicted octanol–water partition coefficient (Wildman–Crippen LogP) is 12.7. The van der Waals surface area contributed by atoms with Gasteiger partial charge in [-0.05, 0) is 35.2 Å². The molecule has 0 saturated carbocycles. The Morgan fingerprint density at radius 3 is 1.74 bits per heavy atom. The Morgan fingerprint density at radius 2 is 1.00 bits per heavy atom. The Balaban J connectivity index is 0.00000165. The zero-order valence-corrected chi connectivity index (χ0v) is 27.8. The van der Waals surface area contributed by atoms with Crippen LogP contribution in [0.25, 0.3) is 94.1 Å². The van der Waals surface area contributed by atoms with E-state index in [0.717, 1.165) is 82.8 Å². The van der Waals surface area contributed by atoms with Crippen molar-refractivity contribution in [3.8, 4) is 39.6 Å². The van der Waals surface area contributed by atoms with Gasteiger partial charge in [0.15, 0.2) is 0 Å². The summed E-state index contributed by atoms with van der Waals surface area (Å²) in [5, 5.41) is 6.86. The van der Waals surface area contributed by atoms with E-state index in [-0.39, 0.29) is 0 Å². The lowest BCUT2D eigenvalue weighted by Gasteiger charge is -2.14. The van der Waals surface area contributed by atoms with Gasteiger partial charge in [0.2, 0.25) is 5.95 Å². The minimum Gasteiger partial charge on any atom is -0.456 e. The maximum atomic E-state index is 6.36. The van der Waals surface area contributed by atoms with Crippen molar-refractivity contribution in [3.63, 3.8) is 0 Å². The normalized spacial score (nSPS) is 11.4. The van der Waals surface area contributed by atoms with E-state index in [2.05, 4.69) is 144 Å². The van der Waals surface area contributed by atoms with Gasteiger partial charge in [0.1, 0.15) is 11.2 Å². The number of benzene rings is 7. The van der Waals surface area contributed by atoms with Crippen molar-refractivity contribution in [2.45, 2.75) is 13.8 Å². The fraction of sp³-hybridized carbons (Fsp3) is 0.0435. The van der Waals surface area contributed by atoms with Gasteiger partial charge in [0.25, 0.3) is 0 Å². The van der Waals surface area contributed by atoms with E-state index in [9.17, 15) is 0 Å². The van der Waals surface area contributed by atoms with Gasteiger partial charge < -0.3 is 4.42 Å². The Morgan fingerprint density at radius 1 is 0.420 bits per heavy atom. The predicted molar refractivity (Wildman–Crippen MR) is 209 cm³/mol. The summed E-state index contributed by atoms with van der Waals surface area (Å²) in [5.74, 6) is 0.629. The lowest BCUT2D eigenvalue weighted by atomic mass is 10.00. The van der Waals surface area contributed by atoms with Crippen LogP contribution in [-0.4, -0.2) is 14.5 Å². The Labute approximate surface area is 289 Å². The topological polar surface area (TPSA) is 43.9 Å². The lowest BCUT2D eigenvalue weighted by Crippen LogP contribution is -2.05. The van der Waals surface area contributed by atoms with E-state index in [4.69, 9.17) is 14.4 Å². The summed E-state index contributed by atoms with van der Waals surface area (Å²) < 4.78 is 8.64. The lowest BCUT2D eigenvalue weighted by molar-refractivity contribution is 0.669. The van der Waals surface area contributed by atoms with Gasteiger partial charge >= 0.3 is 0 Å². The van der Waals surface area contributed by atoms with E-state index >= 15 is 0 Å². The van der Waals surface area contributed by atoms with Crippen LogP contribution in [0, 0.1) is 0 Å². The second-order valence-electron chi connectivity index (χ2n) is 12.2. The molecule has 50 heavy (non-hydrogen) atoms. The van der Waals surface area contributed by atoms with Crippen LogP contribution in [0.2, 0.25) is 0 Å². The largest absolute Gasteiger partial charge is 0.456 e. The first-order chi connectivity index (χ1) is 24.8. The molecule has 4 nitrogen and oxygen atoms in total. The summed E-state index contributed by atoms with van der Waals surface area (Å²) >= 11 is 0. The van der Waals surface area contributed by atoms with Crippen LogP contribution in [0.15, 0.2) is 168 Å². The summed E-state index contributed by atoms with van der Waals surface area (Å²) in [7, 11) is 0. The fourth-order valence-corrected chi connectivity index (χ4v) is 7.20. The number of para-hydroxylation sites is 2. The highest BCUT2D eigenvalue weighted by molar-refractivity contribution is 6.21. The second kappa shape index (κ2) is 12.2. The molecule has 10 aromatic rings. The van der Waals surface area contributed by atoms with Gasteiger partial charge in [0, 0.05) is 43.6 Å². The summed E-state index contributed by atoms with van der Waals surface area (Å²) in [6, 6.07) is 57.2. The van der Waals surface area contributed by atoms with Crippen molar-refractivity contribution >= 4 is 54.5 Å². The molecule has 0 bridgehead atoms. The Kier molecular flexibility index (Phi) is 7.21. The quantitative estimate of drug-likeness (QED) is 0.192. The molecule has 238 valence electrons. The third-order valence-corrected chi connectivity index (χ3v) is 9.42. The first-order valence-electron chi connectivity index (χ1n) is 17.2. The van der Waals surface area contributed by atoms with Crippen LogP contribution in [0.5, 0.6) is 0 Å². The van der Waals surface area contributed by atoms with Crippen molar-refractivity contribution in [3.05, 3.63) is 164 Å². The van der Waals surface area contributed by atoms with E-state index in [1.165, 1.54) is 5.39 Å². The fourth-order valence-electron chi connectivity index (χ4n) is 7.20. The first-order valence-corrected chi connectivity index (χ1v) is 17.2. The average Bonchev–Trinajstić information content (AvgIpc) is 3.75. The van der Waals surface area contributed by atoms with Gasteiger partial charge in [0.05, 0.1) is 22.4 Å². The van der Waals surface area contributed by atoms with Gasteiger partial charge in [-0.15, -0.1) is 0 Å². The maximum Gasteiger partial charge on any atom is 0.235 e. The standard InChI is InChI=1S/C44H27N3O.C2H6/c1-3-13-29(14-4-1)38-27-39(30-15-5-2-6-16-30)46-44(45-38)47-42-32-17-8-7-12-28(32)22-25-37(42)36-20-11-19-33(43(36)47)31-23-24-35-34-18-9-10-21-40(34)48-41(35)26-31;1-2/h1-27H;1-2H3. The van der Waals surface area contributed by atoms with Crippen molar-refractivity contribution in [2.24, 2.45) is 0 Å². The van der Waals surface area contributed by atoms with E-state index in [1.54, 1.807) is 0 Å². The van der Waals surface area contributed by atoms with Crippen molar-refractivity contribution in [2.75, 3.05) is 0 Å². The molecular weight excluding hydrogens is 611 g/mol. The van der Waals surface area contributed by atoms with Crippen LogP contribution in [0.1, 0.15) is 13.8 Å².